The molecule has 0 heterocycles. The van der Waals surface area contributed by atoms with E-state index in [0.29, 0.717) is 10.7 Å². The van der Waals surface area contributed by atoms with Gasteiger partial charge in [-0.25, -0.2) is 0 Å². The molecule has 0 aliphatic heterocycles. The predicted octanol–water partition coefficient (Wildman–Crippen LogP) is 2.24. The number of hydrogen-bond donors (Lipinski definition) is 0. The summed E-state index contributed by atoms with van der Waals surface area (Å²) in [5.41, 5.74) is 0. The van der Waals surface area contributed by atoms with Crippen LogP contribution in [0.25, 0.3) is 0 Å². The van der Waals surface area contributed by atoms with E-state index < -0.39 is 0 Å². The van der Waals surface area contributed by atoms with Crippen molar-refractivity contribution in [2.75, 3.05) is 10.7 Å². The Balaban J connectivity index is 4.19. The van der Waals surface area contributed by atoms with Crippen LogP contribution in [-0.2, 0) is 9.59 Å². The Hall–Kier alpha value is 0.819. The first-order valence-corrected chi connectivity index (χ1v) is 8.03. The Morgan fingerprint density at radius 1 is 1.08 bits per heavy atom. The molecule has 0 saturated carbocycles. The fourth-order valence-corrected chi connectivity index (χ4v) is 5.12. The third-order valence-electron chi connectivity index (χ3n) is 1.52. The van der Waals surface area contributed by atoms with E-state index in [1.807, 2.05) is 0 Å². The number of ketones is 2. The molecule has 0 N–H and O–H groups in total. The molecule has 2 nitrogen and oxygen atoms in total. The Bertz CT molecular complexity index is 177. The van der Waals surface area contributed by atoms with Crippen LogP contribution in [0.15, 0.2) is 0 Å². The predicted molar refractivity (Wildman–Crippen MR) is 62.2 cm³/mol. The minimum atomic E-state index is 0.0268. The maximum absolute atomic E-state index is 11.1. The summed E-state index contributed by atoms with van der Waals surface area (Å²) in [6, 6.07) is 0. The van der Waals surface area contributed by atoms with Gasteiger partial charge in [0.1, 0.15) is 0 Å². The summed E-state index contributed by atoms with van der Waals surface area (Å²) >= 11 is 6.64. The molecule has 0 fully saturated rings. The van der Waals surface area contributed by atoms with E-state index in [1.165, 1.54) is 0 Å². The van der Waals surface area contributed by atoms with Crippen molar-refractivity contribution < 1.29 is 9.59 Å². The molecule has 0 aliphatic rings. The quantitative estimate of drug-likeness (QED) is 0.524. The average Bonchev–Trinajstić information content (AvgIpc) is 2.05. The Morgan fingerprint density at radius 2 is 1.38 bits per heavy atom. The Kier molecular flexibility index (Phi) is 7.61. The van der Waals surface area contributed by atoms with E-state index in [1.54, 1.807) is 13.8 Å². The normalized spacial score (nSPS) is 15.1. The molecule has 2 atom stereocenters. The van der Waals surface area contributed by atoms with Gasteiger partial charge in [-0.1, -0.05) is 0 Å². The molecule has 0 aromatic carbocycles. The number of halogens is 2. The van der Waals surface area contributed by atoms with Crippen molar-refractivity contribution in [2.45, 2.75) is 23.5 Å². The molecule has 2 unspecified atom stereocenters. The van der Waals surface area contributed by atoms with Crippen LogP contribution >= 0.6 is 31.9 Å². The number of carbonyl (C=O) groups is 2. The zero-order valence-corrected chi connectivity index (χ0v) is 12.4. The van der Waals surface area contributed by atoms with E-state index in [2.05, 4.69) is 31.9 Å². The van der Waals surface area contributed by atoms with Crippen LogP contribution in [0.4, 0.5) is 0 Å². The summed E-state index contributed by atoms with van der Waals surface area (Å²) in [6.45, 7) is 3.16. The van der Waals surface area contributed by atoms with E-state index in [9.17, 15) is 9.59 Å². The molecule has 0 bridgehead atoms. The zero-order chi connectivity index (χ0) is 10.4. The first kappa shape index (κ1) is 13.8. The van der Waals surface area contributed by atoms with E-state index in [4.69, 9.17) is 0 Å². The first-order chi connectivity index (χ1) is 6.02. The van der Waals surface area contributed by atoms with Crippen LogP contribution < -0.4 is 0 Å². The van der Waals surface area contributed by atoms with Gasteiger partial charge < -0.3 is 0 Å². The van der Waals surface area contributed by atoms with Gasteiger partial charge in [-0.15, -0.1) is 0 Å². The van der Waals surface area contributed by atoms with Crippen molar-refractivity contribution in [1.82, 2.24) is 0 Å². The molecule has 13 heavy (non-hydrogen) atoms. The number of rotatable bonds is 6. The number of alkyl halides is 2. The summed E-state index contributed by atoms with van der Waals surface area (Å²) in [4.78, 5) is 22.3. The van der Waals surface area contributed by atoms with Gasteiger partial charge in [0.25, 0.3) is 0 Å². The zero-order valence-electron chi connectivity index (χ0n) is 7.55. The Morgan fingerprint density at radius 3 is 1.54 bits per heavy atom. The van der Waals surface area contributed by atoms with Gasteiger partial charge >= 0.3 is 102 Å². The molecular formula is C8H12Br2O2Se. The SMILES string of the molecule is CC(=O)C(CBr)[Se]C(CBr)C(C)=O. The molecule has 0 rings (SSSR count). The van der Waals surface area contributed by atoms with Crippen LogP contribution in [0.1, 0.15) is 13.8 Å². The summed E-state index contributed by atoms with van der Waals surface area (Å²) < 4.78 is 0. The van der Waals surface area contributed by atoms with Crippen molar-refractivity contribution >= 4 is 58.4 Å². The number of Topliss-reactive ketones (excluding diaryl/α,β-unsaturated/α-hetero) is 2. The summed E-state index contributed by atoms with van der Waals surface area (Å²) in [5.74, 6) is 0.341. The van der Waals surface area contributed by atoms with Crippen LogP contribution in [0, 0.1) is 0 Å². The van der Waals surface area contributed by atoms with Crippen molar-refractivity contribution in [3.63, 3.8) is 0 Å². The second-order valence-corrected chi connectivity index (χ2v) is 6.90. The second-order valence-electron chi connectivity index (χ2n) is 2.64. The van der Waals surface area contributed by atoms with Crippen LogP contribution in [0.2, 0.25) is 9.63 Å². The molecule has 5 heteroatoms. The molecule has 0 spiro atoms. The summed E-state index contributed by atoms with van der Waals surface area (Å²) in [5, 5.41) is 1.33. The molecule has 0 amide bonds. The number of hydrogen-bond acceptors (Lipinski definition) is 2. The number of carbonyl (C=O) groups excluding carboxylic acids is 2. The van der Waals surface area contributed by atoms with Gasteiger partial charge in [-0.2, -0.15) is 0 Å². The molecule has 0 saturated heterocycles. The average molecular weight is 379 g/mol. The van der Waals surface area contributed by atoms with E-state index in [0.717, 1.165) is 0 Å². The van der Waals surface area contributed by atoms with Crippen molar-refractivity contribution in [1.29, 1.82) is 0 Å². The minimum absolute atomic E-state index is 0.0268. The van der Waals surface area contributed by atoms with Gasteiger partial charge in [0.2, 0.25) is 0 Å². The summed E-state index contributed by atoms with van der Waals surface area (Å²) in [7, 11) is 0. The first-order valence-electron chi connectivity index (χ1n) is 3.81. The summed E-state index contributed by atoms with van der Waals surface area (Å²) in [6.07, 6.45) is 0. The van der Waals surface area contributed by atoms with Crippen molar-refractivity contribution in [3.05, 3.63) is 0 Å². The fraction of sp³-hybridized carbons (Fsp3) is 0.750. The fourth-order valence-electron chi connectivity index (χ4n) is 0.680. The molecule has 0 aromatic heterocycles. The standard InChI is InChI=1S/C8H12Br2O2Se/c1-5(11)7(3-9)13-8(4-10)6(2)12/h7-8H,3-4H2,1-2H3. The van der Waals surface area contributed by atoms with Gasteiger partial charge in [0.15, 0.2) is 0 Å². The van der Waals surface area contributed by atoms with Gasteiger partial charge in [-0.3, -0.25) is 0 Å². The van der Waals surface area contributed by atoms with Gasteiger partial charge in [0.05, 0.1) is 0 Å². The van der Waals surface area contributed by atoms with Crippen LogP contribution in [0.3, 0.4) is 0 Å². The Labute approximate surface area is 102 Å². The van der Waals surface area contributed by atoms with Gasteiger partial charge in [0, 0.05) is 0 Å². The molecule has 76 valence electrons. The monoisotopic (exact) mass is 378 g/mol. The maximum atomic E-state index is 11.1. The van der Waals surface area contributed by atoms with Gasteiger partial charge in [-0.05, 0) is 0 Å². The van der Waals surface area contributed by atoms with Crippen molar-refractivity contribution in [3.8, 4) is 0 Å². The second kappa shape index (κ2) is 7.16. The molecule has 0 radical (unpaired) electrons. The van der Waals surface area contributed by atoms with E-state index >= 15 is 0 Å². The van der Waals surface area contributed by atoms with Crippen LogP contribution in [-0.4, -0.2) is 37.2 Å². The van der Waals surface area contributed by atoms with Crippen LogP contribution in [0.5, 0.6) is 0 Å². The van der Waals surface area contributed by atoms with Crippen molar-refractivity contribution in [2.24, 2.45) is 0 Å². The molecule has 0 aromatic rings. The molecule has 0 aliphatic carbocycles. The molecular weight excluding hydrogens is 367 g/mol. The van der Waals surface area contributed by atoms with E-state index in [-0.39, 0.29) is 36.2 Å². The topological polar surface area (TPSA) is 34.1 Å². The third-order valence-corrected chi connectivity index (χ3v) is 8.21. The third kappa shape index (κ3) is 5.30.